The zero-order valence-corrected chi connectivity index (χ0v) is 14.3. The van der Waals surface area contributed by atoms with Crippen LogP contribution in [0.3, 0.4) is 0 Å². The van der Waals surface area contributed by atoms with E-state index in [-0.39, 0.29) is 17.1 Å². The summed E-state index contributed by atoms with van der Waals surface area (Å²) < 4.78 is 1.89. The van der Waals surface area contributed by atoms with E-state index < -0.39 is 0 Å². The summed E-state index contributed by atoms with van der Waals surface area (Å²) in [5.41, 5.74) is 1.00. The van der Waals surface area contributed by atoms with Gasteiger partial charge >= 0.3 is 0 Å². The molecule has 0 unspecified atom stereocenters. The molecule has 2 aromatic rings. The van der Waals surface area contributed by atoms with Crippen LogP contribution >= 0.6 is 11.8 Å². The minimum atomic E-state index is -0.0934. The van der Waals surface area contributed by atoms with Gasteiger partial charge in [-0.3, -0.25) is 4.79 Å². The van der Waals surface area contributed by atoms with Crippen LogP contribution < -0.4 is 5.32 Å². The van der Waals surface area contributed by atoms with E-state index in [2.05, 4.69) is 29.2 Å². The smallest absolute Gasteiger partial charge is 0.233 e. The Morgan fingerprint density at radius 3 is 2.78 bits per heavy atom. The standard InChI is InChI=1S/C17H22N4OS/c1-12(2)15-19-17(20-21(15)13-8-4-3-5-9-13)23-14-10-6-7-11-18-16(14)22/h3-5,8-9,12,14H,6-7,10-11H2,1-2H3,(H,18,22)/t14-/m1/s1. The van der Waals surface area contributed by atoms with Crippen molar-refractivity contribution in [1.29, 1.82) is 0 Å². The number of para-hydroxylation sites is 1. The maximum atomic E-state index is 12.1. The van der Waals surface area contributed by atoms with Crippen LogP contribution in [-0.4, -0.2) is 32.5 Å². The van der Waals surface area contributed by atoms with E-state index in [1.807, 2.05) is 35.0 Å². The summed E-state index contributed by atoms with van der Waals surface area (Å²) in [7, 11) is 0. The first-order valence-electron chi connectivity index (χ1n) is 8.12. The van der Waals surface area contributed by atoms with Crippen molar-refractivity contribution >= 4 is 17.7 Å². The first-order chi connectivity index (χ1) is 11.1. The van der Waals surface area contributed by atoms with Crippen molar-refractivity contribution in [2.75, 3.05) is 6.54 Å². The third-order valence-corrected chi connectivity index (χ3v) is 4.98. The van der Waals surface area contributed by atoms with Crippen molar-refractivity contribution in [1.82, 2.24) is 20.1 Å². The van der Waals surface area contributed by atoms with Crippen LogP contribution in [0.5, 0.6) is 0 Å². The Balaban J connectivity index is 1.87. The van der Waals surface area contributed by atoms with Gasteiger partial charge < -0.3 is 5.32 Å². The highest BCUT2D eigenvalue weighted by Gasteiger charge is 2.25. The lowest BCUT2D eigenvalue weighted by molar-refractivity contribution is -0.120. The van der Waals surface area contributed by atoms with Crippen molar-refractivity contribution in [3.05, 3.63) is 36.2 Å². The SMILES string of the molecule is CC(C)c1nc(S[C@@H]2CCCCNC2=O)nn1-c1ccccc1. The van der Waals surface area contributed by atoms with Crippen molar-refractivity contribution in [2.24, 2.45) is 0 Å². The van der Waals surface area contributed by atoms with Crippen LogP contribution in [0.4, 0.5) is 0 Å². The number of nitrogens with zero attached hydrogens (tertiary/aromatic N) is 3. The van der Waals surface area contributed by atoms with Crippen LogP contribution in [-0.2, 0) is 4.79 Å². The van der Waals surface area contributed by atoms with Gasteiger partial charge in [0.05, 0.1) is 10.9 Å². The minimum absolute atomic E-state index is 0.0934. The first kappa shape index (κ1) is 16.1. The summed E-state index contributed by atoms with van der Waals surface area (Å²) in [4.78, 5) is 16.8. The van der Waals surface area contributed by atoms with Gasteiger partial charge in [-0.25, -0.2) is 9.67 Å². The number of carbonyl (C=O) groups excluding carboxylic acids is 1. The third-order valence-electron chi connectivity index (χ3n) is 3.86. The monoisotopic (exact) mass is 330 g/mol. The van der Waals surface area contributed by atoms with Crippen molar-refractivity contribution in [3.63, 3.8) is 0 Å². The van der Waals surface area contributed by atoms with Gasteiger partial charge in [0, 0.05) is 12.5 Å². The van der Waals surface area contributed by atoms with Crippen molar-refractivity contribution in [2.45, 2.75) is 49.4 Å². The van der Waals surface area contributed by atoms with Gasteiger partial charge in [-0.2, -0.15) is 0 Å². The number of carbonyl (C=O) groups is 1. The molecule has 1 aliphatic rings. The molecule has 6 heteroatoms. The Labute approximate surface area is 140 Å². The fraction of sp³-hybridized carbons (Fsp3) is 0.471. The average molecular weight is 330 g/mol. The molecule has 0 spiro atoms. The number of thioether (sulfide) groups is 1. The highest BCUT2D eigenvalue weighted by molar-refractivity contribution is 8.00. The van der Waals surface area contributed by atoms with Crippen LogP contribution in [0.1, 0.15) is 44.9 Å². The number of rotatable bonds is 4. The van der Waals surface area contributed by atoms with Gasteiger partial charge in [-0.15, -0.1) is 5.10 Å². The lowest BCUT2D eigenvalue weighted by Gasteiger charge is -2.09. The molecule has 0 radical (unpaired) electrons. The Kier molecular flexibility index (Phi) is 5.00. The van der Waals surface area contributed by atoms with Gasteiger partial charge in [0.1, 0.15) is 5.82 Å². The van der Waals surface area contributed by atoms with Gasteiger partial charge in [0.2, 0.25) is 11.1 Å². The molecule has 3 rings (SSSR count). The molecule has 23 heavy (non-hydrogen) atoms. The molecule has 1 N–H and O–H groups in total. The van der Waals surface area contributed by atoms with Gasteiger partial charge in [0.15, 0.2) is 0 Å². The zero-order chi connectivity index (χ0) is 16.2. The summed E-state index contributed by atoms with van der Waals surface area (Å²) in [6.07, 6.45) is 2.99. The van der Waals surface area contributed by atoms with E-state index in [0.717, 1.165) is 37.3 Å². The van der Waals surface area contributed by atoms with Gasteiger partial charge in [0.25, 0.3) is 0 Å². The van der Waals surface area contributed by atoms with E-state index in [1.165, 1.54) is 11.8 Å². The molecular formula is C17H22N4OS. The Bertz CT molecular complexity index is 668. The molecule has 122 valence electrons. The molecule has 1 atom stereocenters. The number of nitrogens with one attached hydrogen (secondary N) is 1. The number of hydrogen-bond acceptors (Lipinski definition) is 4. The number of hydrogen-bond donors (Lipinski definition) is 1. The van der Waals surface area contributed by atoms with E-state index >= 15 is 0 Å². The predicted octanol–water partition coefficient (Wildman–Crippen LogP) is 3.15. The summed E-state index contributed by atoms with van der Waals surface area (Å²) in [5.74, 6) is 1.29. The lowest BCUT2D eigenvalue weighted by Crippen LogP contribution is -2.30. The Morgan fingerprint density at radius 2 is 2.04 bits per heavy atom. The maximum Gasteiger partial charge on any atom is 0.233 e. The first-order valence-corrected chi connectivity index (χ1v) is 9.00. The second-order valence-corrected chi connectivity index (χ2v) is 7.22. The molecule has 0 bridgehead atoms. The molecule has 5 nitrogen and oxygen atoms in total. The summed E-state index contributed by atoms with van der Waals surface area (Å²) in [6.45, 7) is 4.99. The molecule has 1 amide bonds. The number of benzene rings is 1. The predicted molar refractivity (Wildman–Crippen MR) is 92.0 cm³/mol. The number of aromatic nitrogens is 3. The van der Waals surface area contributed by atoms with Crippen LogP contribution in [0.15, 0.2) is 35.5 Å². The summed E-state index contributed by atoms with van der Waals surface area (Å²) in [6, 6.07) is 10.0. The molecule has 1 aliphatic heterocycles. The molecule has 1 saturated heterocycles. The summed E-state index contributed by atoms with van der Waals surface area (Å²) >= 11 is 1.48. The minimum Gasteiger partial charge on any atom is -0.355 e. The molecule has 0 saturated carbocycles. The van der Waals surface area contributed by atoms with Crippen molar-refractivity contribution in [3.8, 4) is 5.69 Å². The Morgan fingerprint density at radius 1 is 1.26 bits per heavy atom. The van der Waals surface area contributed by atoms with Crippen LogP contribution in [0.2, 0.25) is 0 Å². The molecule has 1 aromatic carbocycles. The van der Waals surface area contributed by atoms with E-state index in [1.54, 1.807) is 0 Å². The van der Waals surface area contributed by atoms with E-state index in [4.69, 9.17) is 0 Å². The summed E-state index contributed by atoms with van der Waals surface area (Å²) in [5, 5.41) is 8.20. The largest absolute Gasteiger partial charge is 0.355 e. The van der Waals surface area contributed by atoms with Crippen LogP contribution in [0.25, 0.3) is 5.69 Å². The average Bonchev–Trinajstić information content (AvgIpc) is 2.88. The number of amides is 1. The maximum absolute atomic E-state index is 12.1. The second kappa shape index (κ2) is 7.17. The fourth-order valence-electron chi connectivity index (χ4n) is 2.64. The molecule has 2 heterocycles. The molecular weight excluding hydrogens is 308 g/mol. The van der Waals surface area contributed by atoms with Gasteiger partial charge in [-0.1, -0.05) is 50.2 Å². The van der Waals surface area contributed by atoms with Gasteiger partial charge in [-0.05, 0) is 25.0 Å². The third kappa shape index (κ3) is 3.75. The highest BCUT2D eigenvalue weighted by atomic mass is 32.2. The van der Waals surface area contributed by atoms with E-state index in [9.17, 15) is 4.79 Å². The molecule has 1 aromatic heterocycles. The normalized spacial score (nSPS) is 18.7. The van der Waals surface area contributed by atoms with Crippen molar-refractivity contribution < 1.29 is 4.79 Å². The topological polar surface area (TPSA) is 59.8 Å². The second-order valence-electron chi connectivity index (χ2n) is 6.05. The molecule has 0 aliphatic carbocycles. The quantitative estimate of drug-likeness (QED) is 0.935. The highest BCUT2D eigenvalue weighted by Crippen LogP contribution is 2.28. The molecule has 1 fully saturated rings. The zero-order valence-electron chi connectivity index (χ0n) is 13.5. The van der Waals surface area contributed by atoms with E-state index in [0.29, 0.717) is 5.16 Å². The fourth-order valence-corrected chi connectivity index (χ4v) is 3.64. The lowest BCUT2D eigenvalue weighted by atomic mass is 10.2. The van der Waals surface area contributed by atoms with Crippen LogP contribution in [0, 0.1) is 0 Å². The Hall–Kier alpha value is -1.82.